The number of carbonyl (C=O) groups excluding carboxylic acids is 2. The summed E-state index contributed by atoms with van der Waals surface area (Å²) >= 11 is 6.03. The lowest BCUT2D eigenvalue weighted by molar-refractivity contribution is 0.0248. The molecule has 0 bridgehead atoms. The molecule has 0 aliphatic carbocycles. The molecule has 1 aliphatic rings. The lowest BCUT2D eigenvalue weighted by atomic mass is 9.95. The van der Waals surface area contributed by atoms with Gasteiger partial charge in [0.15, 0.2) is 0 Å². The molecule has 1 aromatic heterocycles. The van der Waals surface area contributed by atoms with E-state index in [4.69, 9.17) is 16.3 Å². The summed E-state index contributed by atoms with van der Waals surface area (Å²) < 4.78 is 6.97. The topological polar surface area (TPSA) is 76.5 Å². The van der Waals surface area contributed by atoms with Gasteiger partial charge in [0, 0.05) is 48.6 Å². The van der Waals surface area contributed by atoms with Crippen molar-refractivity contribution in [2.24, 2.45) is 0 Å². The molecule has 0 fully saturated rings. The van der Waals surface area contributed by atoms with E-state index >= 15 is 0 Å². The van der Waals surface area contributed by atoms with Gasteiger partial charge in [-0.15, -0.1) is 0 Å². The number of ether oxygens (including phenoxy) is 1. The Balaban J connectivity index is 2.02. The summed E-state index contributed by atoms with van der Waals surface area (Å²) in [5.41, 5.74) is 2.84. The molecule has 7 nitrogen and oxygen atoms in total. The summed E-state index contributed by atoms with van der Waals surface area (Å²) in [4.78, 5) is 26.8. The summed E-state index contributed by atoms with van der Waals surface area (Å²) in [6, 6.07) is 7.08. The number of rotatable bonds is 1. The summed E-state index contributed by atoms with van der Waals surface area (Å²) in [5.74, 6) is -0.0240. The van der Waals surface area contributed by atoms with E-state index < -0.39 is 5.60 Å². The van der Waals surface area contributed by atoms with Crippen molar-refractivity contribution in [3.8, 4) is 11.3 Å². The Morgan fingerprint density at radius 3 is 2.48 bits per heavy atom. The molecule has 0 spiro atoms. The highest BCUT2D eigenvalue weighted by atomic mass is 35.5. The number of hydrogen-bond acceptors (Lipinski definition) is 4. The van der Waals surface area contributed by atoms with Gasteiger partial charge < -0.3 is 15.0 Å². The van der Waals surface area contributed by atoms with E-state index in [1.165, 1.54) is 4.68 Å². The zero-order valence-electron chi connectivity index (χ0n) is 17.5. The van der Waals surface area contributed by atoms with Crippen LogP contribution in [0.1, 0.15) is 44.9 Å². The molecule has 1 unspecified atom stereocenters. The van der Waals surface area contributed by atoms with Crippen LogP contribution in [0.3, 0.4) is 0 Å². The molecule has 156 valence electrons. The third kappa shape index (κ3) is 4.56. The van der Waals surface area contributed by atoms with Crippen LogP contribution in [0.2, 0.25) is 5.02 Å². The molecule has 1 atom stereocenters. The van der Waals surface area contributed by atoms with Gasteiger partial charge in [0.1, 0.15) is 5.60 Å². The zero-order valence-corrected chi connectivity index (χ0v) is 18.2. The van der Waals surface area contributed by atoms with Gasteiger partial charge in [-0.1, -0.05) is 30.7 Å². The van der Waals surface area contributed by atoms with Crippen molar-refractivity contribution in [2.75, 3.05) is 20.1 Å². The number of nitrogens with zero attached hydrogens (tertiary/aromatic N) is 3. The van der Waals surface area contributed by atoms with Crippen molar-refractivity contribution in [1.29, 1.82) is 0 Å². The van der Waals surface area contributed by atoms with E-state index in [1.54, 1.807) is 24.1 Å². The number of halogens is 1. The van der Waals surface area contributed by atoms with Crippen LogP contribution in [0.15, 0.2) is 24.3 Å². The van der Waals surface area contributed by atoms with E-state index in [1.807, 2.05) is 39.8 Å². The van der Waals surface area contributed by atoms with Crippen LogP contribution in [0.5, 0.6) is 0 Å². The number of fused-ring (bicyclic) bond motifs is 1. The smallest absolute Gasteiger partial charge is 0.410 e. The molecular formula is C21H27ClN4O3. The number of hydrogen-bond donors (Lipinski definition) is 1. The second-order valence-corrected chi connectivity index (χ2v) is 8.70. The first-order valence-corrected chi connectivity index (χ1v) is 10.1. The largest absolute Gasteiger partial charge is 0.444 e. The van der Waals surface area contributed by atoms with E-state index in [0.29, 0.717) is 24.5 Å². The molecule has 1 N–H and O–H groups in total. The molecule has 29 heavy (non-hydrogen) atoms. The molecule has 0 saturated carbocycles. The maximum Gasteiger partial charge on any atom is 0.410 e. The van der Waals surface area contributed by atoms with Gasteiger partial charge in [0.05, 0.1) is 11.4 Å². The number of benzene rings is 1. The van der Waals surface area contributed by atoms with Gasteiger partial charge in [0.2, 0.25) is 0 Å². The lowest BCUT2D eigenvalue weighted by Crippen LogP contribution is -2.39. The van der Waals surface area contributed by atoms with E-state index in [-0.39, 0.29) is 18.0 Å². The molecule has 8 heteroatoms. The van der Waals surface area contributed by atoms with Gasteiger partial charge in [-0.3, -0.25) is 0 Å². The molecular weight excluding hydrogens is 392 g/mol. The van der Waals surface area contributed by atoms with E-state index in [9.17, 15) is 9.59 Å². The fourth-order valence-electron chi connectivity index (χ4n) is 3.56. The monoisotopic (exact) mass is 418 g/mol. The minimum absolute atomic E-state index is 0.0240. The Kier molecular flexibility index (Phi) is 5.89. The second-order valence-electron chi connectivity index (χ2n) is 8.26. The predicted octanol–water partition coefficient (Wildman–Crippen LogP) is 4.29. The van der Waals surface area contributed by atoms with Crippen LogP contribution in [-0.4, -0.2) is 52.5 Å². The summed E-state index contributed by atoms with van der Waals surface area (Å²) in [7, 11) is 1.57. The van der Waals surface area contributed by atoms with Crippen molar-refractivity contribution in [3.05, 3.63) is 40.5 Å². The SMILES string of the molecule is CNC(=O)n1nc(-c2ccc(Cl)cc2)c2c1CCN(C(=O)OC(C)(C)C)CC2C. The first-order chi connectivity index (χ1) is 13.6. The fourth-order valence-corrected chi connectivity index (χ4v) is 3.69. The third-order valence-electron chi connectivity index (χ3n) is 4.80. The van der Waals surface area contributed by atoms with Crippen LogP contribution in [-0.2, 0) is 11.2 Å². The minimum Gasteiger partial charge on any atom is -0.444 e. The molecule has 2 heterocycles. The number of nitrogens with one attached hydrogen (secondary N) is 1. The van der Waals surface area contributed by atoms with Gasteiger partial charge in [-0.2, -0.15) is 9.78 Å². The Morgan fingerprint density at radius 2 is 1.90 bits per heavy atom. The van der Waals surface area contributed by atoms with Crippen molar-refractivity contribution in [2.45, 2.75) is 45.6 Å². The summed E-state index contributed by atoms with van der Waals surface area (Å²) in [5, 5.41) is 7.89. The molecule has 1 aromatic carbocycles. The predicted molar refractivity (Wildman–Crippen MR) is 112 cm³/mol. The average Bonchev–Trinajstić information content (AvgIpc) is 2.94. The van der Waals surface area contributed by atoms with Gasteiger partial charge in [-0.05, 0) is 32.9 Å². The number of carbonyl (C=O) groups is 2. The maximum absolute atomic E-state index is 12.6. The van der Waals surface area contributed by atoms with Gasteiger partial charge in [-0.25, -0.2) is 9.59 Å². The Bertz CT molecular complexity index is 915. The highest BCUT2D eigenvalue weighted by Crippen LogP contribution is 2.35. The molecule has 2 aromatic rings. The van der Waals surface area contributed by atoms with Crippen LogP contribution in [0.4, 0.5) is 9.59 Å². The first-order valence-electron chi connectivity index (χ1n) is 9.68. The molecule has 0 radical (unpaired) electrons. The molecule has 1 aliphatic heterocycles. The van der Waals surface area contributed by atoms with Crippen LogP contribution in [0, 0.1) is 0 Å². The van der Waals surface area contributed by atoms with Gasteiger partial charge >= 0.3 is 12.1 Å². The lowest BCUT2D eigenvalue weighted by Gasteiger charge is -2.27. The van der Waals surface area contributed by atoms with Gasteiger partial charge in [0.25, 0.3) is 0 Å². The third-order valence-corrected chi connectivity index (χ3v) is 5.05. The highest BCUT2D eigenvalue weighted by molar-refractivity contribution is 6.30. The van der Waals surface area contributed by atoms with Crippen molar-refractivity contribution in [1.82, 2.24) is 20.0 Å². The van der Waals surface area contributed by atoms with E-state index in [2.05, 4.69) is 10.4 Å². The number of amides is 2. The highest BCUT2D eigenvalue weighted by Gasteiger charge is 2.33. The van der Waals surface area contributed by atoms with Crippen molar-refractivity contribution < 1.29 is 14.3 Å². The summed E-state index contributed by atoms with van der Waals surface area (Å²) in [6.45, 7) is 8.53. The molecule has 3 rings (SSSR count). The Morgan fingerprint density at radius 1 is 1.24 bits per heavy atom. The van der Waals surface area contributed by atoms with Crippen molar-refractivity contribution in [3.63, 3.8) is 0 Å². The zero-order chi connectivity index (χ0) is 21.3. The number of aromatic nitrogens is 2. The first kappa shape index (κ1) is 21.2. The average molecular weight is 419 g/mol. The Labute approximate surface area is 176 Å². The quantitative estimate of drug-likeness (QED) is 0.749. The second kappa shape index (κ2) is 8.06. The molecule has 2 amide bonds. The standard InChI is InChI=1S/C21H27ClN4O3/c1-13-12-25(20(28)29-21(2,3)4)11-10-16-17(13)18(24-26(16)19(27)23-5)14-6-8-15(22)9-7-14/h6-9,13H,10-12H2,1-5H3,(H,23,27). The minimum atomic E-state index is -0.563. The fraction of sp³-hybridized carbons (Fsp3) is 0.476. The van der Waals surface area contributed by atoms with Crippen LogP contribution < -0.4 is 5.32 Å². The Hall–Kier alpha value is -2.54. The molecule has 0 saturated heterocycles. The summed E-state index contributed by atoms with van der Waals surface area (Å²) in [6.07, 6.45) is 0.161. The van der Waals surface area contributed by atoms with E-state index in [0.717, 1.165) is 22.5 Å². The maximum atomic E-state index is 12.6. The van der Waals surface area contributed by atoms with Crippen LogP contribution in [0.25, 0.3) is 11.3 Å². The van der Waals surface area contributed by atoms with Crippen molar-refractivity contribution >= 4 is 23.7 Å². The normalized spacial score (nSPS) is 16.8. The van der Waals surface area contributed by atoms with Crippen LogP contribution >= 0.6 is 11.6 Å².